The molecule has 1 aliphatic heterocycles. The largest absolute Gasteiger partial charge is 0.469 e. The molecule has 1 aliphatic rings. The molecule has 4 heteroatoms. The fourth-order valence-corrected chi connectivity index (χ4v) is 2.92. The first kappa shape index (κ1) is 15.1. The maximum atomic E-state index is 12.7. The zero-order valence-electron chi connectivity index (χ0n) is 12.9. The second kappa shape index (κ2) is 6.44. The van der Waals surface area contributed by atoms with E-state index in [0.29, 0.717) is 12.5 Å². The van der Waals surface area contributed by atoms with Crippen LogP contribution in [-0.2, 0) is 16.1 Å². The van der Waals surface area contributed by atoms with Gasteiger partial charge in [0, 0.05) is 25.8 Å². The Hall–Kier alpha value is -1.29. The van der Waals surface area contributed by atoms with Crippen molar-refractivity contribution >= 4 is 5.91 Å². The topological polar surface area (TPSA) is 42.7 Å². The van der Waals surface area contributed by atoms with Gasteiger partial charge in [-0.25, -0.2) is 0 Å². The molecule has 1 amide bonds. The molecular formula is C16H25NO3. The molecule has 1 aromatic rings. The zero-order valence-corrected chi connectivity index (χ0v) is 12.9. The van der Waals surface area contributed by atoms with E-state index in [1.54, 1.807) is 11.2 Å². The first-order valence-electron chi connectivity index (χ1n) is 7.40. The Labute approximate surface area is 121 Å². The van der Waals surface area contributed by atoms with Gasteiger partial charge in [0.2, 0.25) is 5.91 Å². The molecule has 112 valence electrons. The van der Waals surface area contributed by atoms with E-state index in [0.717, 1.165) is 30.8 Å². The number of rotatable bonds is 4. The van der Waals surface area contributed by atoms with Crippen LogP contribution >= 0.6 is 0 Å². The lowest BCUT2D eigenvalue weighted by Gasteiger charge is -2.35. The van der Waals surface area contributed by atoms with E-state index in [9.17, 15) is 4.79 Å². The number of ether oxygens (including phenoxy) is 1. The highest BCUT2D eigenvalue weighted by Gasteiger charge is 2.35. The highest BCUT2D eigenvalue weighted by atomic mass is 16.5. The normalized spacial score (nSPS) is 23.1. The lowest BCUT2D eigenvalue weighted by molar-refractivity contribution is -0.147. The minimum atomic E-state index is -0.0130. The fourth-order valence-electron chi connectivity index (χ4n) is 2.92. The fraction of sp³-hybridized carbons (Fsp3) is 0.688. The van der Waals surface area contributed by atoms with Gasteiger partial charge in [-0.15, -0.1) is 0 Å². The van der Waals surface area contributed by atoms with Crippen LogP contribution in [0.2, 0.25) is 0 Å². The van der Waals surface area contributed by atoms with Crippen molar-refractivity contribution in [2.24, 2.45) is 11.8 Å². The predicted octanol–water partition coefficient (Wildman–Crippen LogP) is 3.00. The van der Waals surface area contributed by atoms with Gasteiger partial charge in [0.15, 0.2) is 0 Å². The highest BCUT2D eigenvalue weighted by Crippen LogP contribution is 2.28. The number of hydrogen-bond acceptors (Lipinski definition) is 3. The molecule has 1 fully saturated rings. The molecule has 0 unspecified atom stereocenters. The van der Waals surface area contributed by atoms with Crippen molar-refractivity contribution in [2.75, 3.05) is 13.7 Å². The predicted molar refractivity (Wildman–Crippen MR) is 77.2 cm³/mol. The summed E-state index contributed by atoms with van der Waals surface area (Å²) in [6, 6.07) is 1.93. The molecule has 2 heterocycles. The van der Waals surface area contributed by atoms with Gasteiger partial charge in [-0.2, -0.15) is 0 Å². The Kier molecular flexibility index (Phi) is 4.86. The van der Waals surface area contributed by atoms with E-state index in [1.165, 1.54) is 0 Å². The van der Waals surface area contributed by atoms with Gasteiger partial charge in [-0.05, 0) is 31.7 Å². The van der Waals surface area contributed by atoms with Gasteiger partial charge in [0.05, 0.1) is 18.3 Å². The van der Waals surface area contributed by atoms with Crippen LogP contribution in [0, 0.1) is 18.8 Å². The molecule has 4 nitrogen and oxygen atoms in total. The van der Waals surface area contributed by atoms with Gasteiger partial charge in [0.25, 0.3) is 0 Å². The minimum absolute atomic E-state index is 0.0130. The molecule has 2 rings (SSSR count). The molecule has 0 radical (unpaired) electrons. The second-order valence-corrected chi connectivity index (χ2v) is 6.02. The number of aryl methyl sites for hydroxylation is 1. The molecule has 20 heavy (non-hydrogen) atoms. The van der Waals surface area contributed by atoms with Crippen LogP contribution in [0.15, 0.2) is 16.7 Å². The maximum absolute atomic E-state index is 12.7. The summed E-state index contributed by atoms with van der Waals surface area (Å²) < 4.78 is 11.1. The smallest absolute Gasteiger partial charge is 0.228 e. The van der Waals surface area contributed by atoms with Crippen LogP contribution < -0.4 is 0 Å². The average molecular weight is 279 g/mol. The van der Waals surface area contributed by atoms with E-state index < -0.39 is 0 Å². The highest BCUT2D eigenvalue weighted by molar-refractivity contribution is 5.79. The van der Waals surface area contributed by atoms with Crippen LogP contribution in [0.5, 0.6) is 0 Å². The second-order valence-electron chi connectivity index (χ2n) is 6.02. The van der Waals surface area contributed by atoms with E-state index in [2.05, 4.69) is 13.8 Å². The third kappa shape index (κ3) is 3.23. The van der Waals surface area contributed by atoms with Crippen molar-refractivity contribution in [1.29, 1.82) is 0 Å². The summed E-state index contributed by atoms with van der Waals surface area (Å²) in [7, 11) is 1.86. The molecule has 0 spiro atoms. The minimum Gasteiger partial charge on any atom is -0.469 e. The SMILES string of the molecule is Cc1occc1CN(C)C(=O)[C@H]1CCCO[C@H]1C(C)C. The molecule has 0 aromatic carbocycles. The number of furan rings is 1. The Morgan fingerprint density at radius 2 is 2.25 bits per heavy atom. The standard InChI is InChI=1S/C16H25NO3/c1-11(2)15-14(6-5-8-20-15)16(18)17(4)10-13-7-9-19-12(13)3/h7,9,11,14-15H,5-6,8,10H2,1-4H3/t14-,15-/m0/s1. The van der Waals surface area contributed by atoms with E-state index in [1.807, 2.05) is 20.0 Å². The first-order chi connectivity index (χ1) is 9.50. The van der Waals surface area contributed by atoms with Crippen LogP contribution in [-0.4, -0.2) is 30.6 Å². The van der Waals surface area contributed by atoms with E-state index >= 15 is 0 Å². The third-order valence-electron chi connectivity index (χ3n) is 4.09. The molecule has 2 atom stereocenters. The lowest BCUT2D eigenvalue weighted by Crippen LogP contribution is -2.44. The molecule has 1 aromatic heterocycles. The summed E-state index contributed by atoms with van der Waals surface area (Å²) in [5.41, 5.74) is 1.07. The van der Waals surface area contributed by atoms with Crippen LogP contribution in [0.25, 0.3) is 0 Å². The number of amides is 1. The molecule has 1 saturated heterocycles. The van der Waals surface area contributed by atoms with Gasteiger partial charge in [0.1, 0.15) is 5.76 Å². The van der Waals surface area contributed by atoms with Crippen molar-refractivity contribution in [3.05, 3.63) is 23.7 Å². The zero-order chi connectivity index (χ0) is 14.7. The molecule has 0 aliphatic carbocycles. The van der Waals surface area contributed by atoms with Crippen LogP contribution in [0.4, 0.5) is 0 Å². The monoisotopic (exact) mass is 279 g/mol. The number of carbonyl (C=O) groups excluding carboxylic acids is 1. The first-order valence-corrected chi connectivity index (χ1v) is 7.40. The Morgan fingerprint density at radius 1 is 1.50 bits per heavy atom. The molecule has 0 saturated carbocycles. The van der Waals surface area contributed by atoms with Crippen molar-refractivity contribution in [3.63, 3.8) is 0 Å². The molecular weight excluding hydrogens is 254 g/mol. The lowest BCUT2D eigenvalue weighted by atomic mass is 9.86. The third-order valence-corrected chi connectivity index (χ3v) is 4.09. The van der Waals surface area contributed by atoms with Crippen molar-refractivity contribution in [2.45, 2.75) is 46.3 Å². The van der Waals surface area contributed by atoms with Crippen LogP contribution in [0.3, 0.4) is 0 Å². The summed E-state index contributed by atoms with van der Waals surface area (Å²) in [4.78, 5) is 14.5. The summed E-state index contributed by atoms with van der Waals surface area (Å²) >= 11 is 0. The Bertz CT molecular complexity index is 452. The summed E-state index contributed by atoms with van der Waals surface area (Å²) in [5.74, 6) is 1.42. The van der Waals surface area contributed by atoms with Gasteiger partial charge in [-0.1, -0.05) is 13.8 Å². The van der Waals surface area contributed by atoms with E-state index in [-0.39, 0.29) is 17.9 Å². The number of carbonyl (C=O) groups is 1. The average Bonchev–Trinajstić information content (AvgIpc) is 2.83. The Balaban J connectivity index is 2.03. The molecule has 0 N–H and O–H groups in total. The van der Waals surface area contributed by atoms with Gasteiger partial charge < -0.3 is 14.1 Å². The molecule has 0 bridgehead atoms. The van der Waals surface area contributed by atoms with Gasteiger partial charge in [-0.3, -0.25) is 4.79 Å². The van der Waals surface area contributed by atoms with Crippen molar-refractivity contribution < 1.29 is 13.9 Å². The number of nitrogens with zero attached hydrogens (tertiary/aromatic N) is 1. The quantitative estimate of drug-likeness (QED) is 0.851. The summed E-state index contributed by atoms with van der Waals surface area (Å²) in [6.07, 6.45) is 3.61. The summed E-state index contributed by atoms with van der Waals surface area (Å²) in [5, 5.41) is 0. The van der Waals surface area contributed by atoms with Gasteiger partial charge >= 0.3 is 0 Å². The number of hydrogen-bond donors (Lipinski definition) is 0. The van der Waals surface area contributed by atoms with Crippen molar-refractivity contribution in [3.8, 4) is 0 Å². The maximum Gasteiger partial charge on any atom is 0.228 e. The Morgan fingerprint density at radius 3 is 2.85 bits per heavy atom. The van der Waals surface area contributed by atoms with Crippen molar-refractivity contribution in [1.82, 2.24) is 4.90 Å². The van der Waals surface area contributed by atoms with Crippen LogP contribution in [0.1, 0.15) is 38.0 Å². The van der Waals surface area contributed by atoms with E-state index in [4.69, 9.17) is 9.15 Å². The summed E-state index contributed by atoms with van der Waals surface area (Å²) in [6.45, 7) is 7.54.